The number of anilines is 2. The molecular weight excluding hydrogens is 430 g/mol. The summed E-state index contributed by atoms with van der Waals surface area (Å²) in [5.74, 6) is 1.06. The Morgan fingerprint density at radius 1 is 1.10 bits per heavy atom. The molecule has 1 atom stereocenters. The molecule has 0 bridgehead atoms. The van der Waals surface area contributed by atoms with Crippen molar-refractivity contribution in [3.63, 3.8) is 0 Å². The molecule has 7 nitrogen and oxygen atoms in total. The topological polar surface area (TPSA) is 67.3 Å². The van der Waals surface area contributed by atoms with Gasteiger partial charge in [-0.05, 0) is 42.8 Å². The number of aromatic nitrogens is 4. The number of ether oxygens (including phenoxy) is 1. The number of methoxy groups -OCH3 is 1. The maximum atomic E-state index is 13.3. The number of halogens is 3. The minimum absolute atomic E-state index is 0.0998. The SMILES string of the molecule is COc1ncc(Cl)c(N2CCN(c3cc(-c4ccc(F)cc4)nc(Cl)n3)[C@H](C)C2)n1. The Morgan fingerprint density at radius 2 is 1.87 bits per heavy atom. The summed E-state index contributed by atoms with van der Waals surface area (Å²) in [6, 6.07) is 8.37. The highest BCUT2D eigenvalue weighted by Crippen LogP contribution is 2.30. The Bertz CT molecular complexity index is 1050. The fraction of sp³-hybridized carbons (Fsp3) is 0.300. The van der Waals surface area contributed by atoms with E-state index in [0.717, 1.165) is 5.56 Å². The number of piperazine rings is 1. The van der Waals surface area contributed by atoms with Crippen LogP contribution in [0.1, 0.15) is 6.92 Å². The van der Waals surface area contributed by atoms with Gasteiger partial charge < -0.3 is 14.5 Å². The maximum absolute atomic E-state index is 13.3. The molecule has 3 aromatic rings. The van der Waals surface area contributed by atoms with Gasteiger partial charge in [-0.1, -0.05) is 11.6 Å². The maximum Gasteiger partial charge on any atom is 0.318 e. The molecule has 0 radical (unpaired) electrons. The third-order valence-corrected chi connectivity index (χ3v) is 5.37. The average molecular weight is 449 g/mol. The zero-order chi connectivity index (χ0) is 21.3. The van der Waals surface area contributed by atoms with E-state index in [9.17, 15) is 4.39 Å². The van der Waals surface area contributed by atoms with Crippen LogP contribution in [0.2, 0.25) is 10.3 Å². The van der Waals surface area contributed by atoms with E-state index in [4.69, 9.17) is 27.9 Å². The molecule has 0 amide bonds. The van der Waals surface area contributed by atoms with Gasteiger partial charge >= 0.3 is 6.01 Å². The van der Waals surface area contributed by atoms with Crippen molar-refractivity contribution in [3.8, 4) is 17.3 Å². The molecule has 1 saturated heterocycles. The van der Waals surface area contributed by atoms with Crippen molar-refractivity contribution in [1.29, 1.82) is 0 Å². The summed E-state index contributed by atoms with van der Waals surface area (Å²) in [7, 11) is 1.52. The lowest BCUT2D eigenvalue weighted by Crippen LogP contribution is -2.52. The predicted octanol–water partition coefficient (Wildman–Crippen LogP) is 4.10. The first-order valence-electron chi connectivity index (χ1n) is 9.33. The van der Waals surface area contributed by atoms with Crippen LogP contribution in [0.15, 0.2) is 36.5 Å². The second-order valence-electron chi connectivity index (χ2n) is 6.90. The molecule has 0 N–H and O–H groups in total. The summed E-state index contributed by atoms with van der Waals surface area (Å²) in [4.78, 5) is 21.4. The monoisotopic (exact) mass is 448 g/mol. The lowest BCUT2D eigenvalue weighted by atomic mass is 10.1. The van der Waals surface area contributed by atoms with E-state index in [-0.39, 0.29) is 23.2 Å². The lowest BCUT2D eigenvalue weighted by Gasteiger charge is -2.41. The molecule has 1 aromatic carbocycles. The standard InChI is InChI=1S/C20H19Cl2FN6O/c1-12-11-28(18-15(21)10-24-20(27-18)30-2)7-8-29(12)17-9-16(25-19(22)26-17)13-3-5-14(23)6-4-13/h3-6,9-10,12H,7-8,11H2,1-2H3/t12-/m1/s1. The Morgan fingerprint density at radius 3 is 2.57 bits per heavy atom. The van der Waals surface area contributed by atoms with E-state index >= 15 is 0 Å². The van der Waals surface area contributed by atoms with Crippen molar-refractivity contribution in [3.05, 3.63) is 52.7 Å². The summed E-state index contributed by atoms with van der Waals surface area (Å²) in [5, 5.41) is 0.616. The minimum atomic E-state index is -0.302. The van der Waals surface area contributed by atoms with Crippen LogP contribution in [-0.4, -0.2) is 52.7 Å². The Labute approximate surface area is 183 Å². The normalized spacial score (nSPS) is 16.6. The molecule has 0 aliphatic carbocycles. The van der Waals surface area contributed by atoms with Crippen molar-refractivity contribution in [2.45, 2.75) is 13.0 Å². The van der Waals surface area contributed by atoms with Crippen LogP contribution in [0.4, 0.5) is 16.0 Å². The molecule has 1 fully saturated rings. The highest BCUT2D eigenvalue weighted by molar-refractivity contribution is 6.32. The molecule has 10 heteroatoms. The Balaban J connectivity index is 1.57. The van der Waals surface area contributed by atoms with E-state index in [1.54, 1.807) is 18.3 Å². The van der Waals surface area contributed by atoms with E-state index in [1.165, 1.54) is 19.2 Å². The molecule has 0 spiro atoms. The zero-order valence-electron chi connectivity index (χ0n) is 16.4. The van der Waals surface area contributed by atoms with Crippen LogP contribution < -0.4 is 14.5 Å². The molecule has 156 valence electrons. The summed E-state index contributed by atoms with van der Waals surface area (Å²) in [5.41, 5.74) is 1.41. The number of nitrogens with zero attached hydrogens (tertiary/aromatic N) is 6. The average Bonchev–Trinajstić information content (AvgIpc) is 2.74. The molecule has 1 aliphatic rings. The van der Waals surface area contributed by atoms with Crippen molar-refractivity contribution >= 4 is 34.8 Å². The van der Waals surface area contributed by atoms with E-state index in [1.807, 2.05) is 6.07 Å². The molecule has 1 aliphatic heterocycles. The van der Waals surface area contributed by atoms with Gasteiger partial charge in [0.05, 0.1) is 19.0 Å². The fourth-order valence-corrected chi connectivity index (χ4v) is 3.86. The Kier molecular flexibility index (Phi) is 5.87. The van der Waals surface area contributed by atoms with Gasteiger partial charge in [-0.25, -0.2) is 19.3 Å². The van der Waals surface area contributed by atoms with Crippen LogP contribution in [0.5, 0.6) is 6.01 Å². The summed E-state index contributed by atoms with van der Waals surface area (Å²) < 4.78 is 18.4. The van der Waals surface area contributed by atoms with Crippen LogP contribution in [0.25, 0.3) is 11.3 Å². The minimum Gasteiger partial charge on any atom is -0.467 e. The van der Waals surface area contributed by atoms with Crippen molar-refractivity contribution in [2.75, 3.05) is 36.5 Å². The van der Waals surface area contributed by atoms with Gasteiger partial charge in [-0.3, -0.25) is 0 Å². The molecule has 2 aromatic heterocycles. The Hall–Kier alpha value is -2.71. The van der Waals surface area contributed by atoms with Crippen molar-refractivity contribution < 1.29 is 9.13 Å². The van der Waals surface area contributed by atoms with E-state index in [2.05, 4.69) is 36.7 Å². The summed E-state index contributed by atoms with van der Waals surface area (Å²) in [6.45, 7) is 4.12. The first-order valence-corrected chi connectivity index (χ1v) is 10.1. The molecule has 4 rings (SSSR count). The molecular formula is C20H19Cl2FN6O. The van der Waals surface area contributed by atoms with E-state index < -0.39 is 0 Å². The molecule has 3 heterocycles. The van der Waals surface area contributed by atoms with Crippen LogP contribution in [0.3, 0.4) is 0 Å². The molecule has 0 unspecified atom stereocenters. The highest BCUT2D eigenvalue weighted by Gasteiger charge is 2.28. The van der Waals surface area contributed by atoms with Crippen molar-refractivity contribution in [1.82, 2.24) is 19.9 Å². The fourth-order valence-electron chi connectivity index (χ4n) is 3.47. The van der Waals surface area contributed by atoms with Gasteiger partial charge in [0.25, 0.3) is 0 Å². The summed E-state index contributed by atoms with van der Waals surface area (Å²) >= 11 is 12.5. The molecule has 30 heavy (non-hydrogen) atoms. The first kappa shape index (κ1) is 20.6. The largest absolute Gasteiger partial charge is 0.467 e. The van der Waals surface area contributed by atoms with Gasteiger partial charge in [-0.15, -0.1) is 0 Å². The summed E-state index contributed by atoms with van der Waals surface area (Å²) in [6.07, 6.45) is 1.54. The van der Waals surface area contributed by atoms with Crippen LogP contribution in [0, 0.1) is 5.82 Å². The molecule has 0 saturated carbocycles. The van der Waals surface area contributed by atoms with Gasteiger partial charge in [0.15, 0.2) is 5.82 Å². The van der Waals surface area contributed by atoms with Crippen LogP contribution in [-0.2, 0) is 0 Å². The van der Waals surface area contributed by atoms with Gasteiger partial charge in [0.2, 0.25) is 5.28 Å². The third kappa shape index (κ3) is 4.24. The predicted molar refractivity (Wildman–Crippen MR) is 115 cm³/mol. The van der Waals surface area contributed by atoms with Gasteiger partial charge in [-0.2, -0.15) is 4.98 Å². The van der Waals surface area contributed by atoms with Crippen LogP contribution >= 0.6 is 23.2 Å². The smallest absolute Gasteiger partial charge is 0.318 e. The first-order chi connectivity index (χ1) is 14.4. The highest BCUT2D eigenvalue weighted by atomic mass is 35.5. The quantitative estimate of drug-likeness (QED) is 0.556. The third-order valence-electron chi connectivity index (χ3n) is 4.93. The number of benzene rings is 1. The van der Waals surface area contributed by atoms with Gasteiger partial charge in [0.1, 0.15) is 16.7 Å². The van der Waals surface area contributed by atoms with Crippen molar-refractivity contribution in [2.24, 2.45) is 0 Å². The van der Waals surface area contributed by atoms with E-state index in [0.29, 0.717) is 42.0 Å². The number of rotatable bonds is 4. The number of hydrogen-bond donors (Lipinski definition) is 0. The second-order valence-corrected chi connectivity index (χ2v) is 7.65. The second kappa shape index (κ2) is 8.57. The number of hydrogen-bond acceptors (Lipinski definition) is 7. The van der Waals surface area contributed by atoms with Gasteiger partial charge in [0, 0.05) is 37.3 Å². The lowest BCUT2D eigenvalue weighted by molar-refractivity contribution is 0.379. The zero-order valence-corrected chi connectivity index (χ0v) is 17.9.